The van der Waals surface area contributed by atoms with Crippen LogP contribution in [-0.2, 0) is 6.54 Å². The van der Waals surface area contributed by atoms with Gasteiger partial charge in [0.15, 0.2) is 0 Å². The molecule has 0 bridgehead atoms. The van der Waals surface area contributed by atoms with Crippen molar-refractivity contribution in [2.45, 2.75) is 25.4 Å². The van der Waals surface area contributed by atoms with Crippen LogP contribution in [0.15, 0.2) is 29.5 Å². The lowest BCUT2D eigenvalue weighted by Crippen LogP contribution is -2.45. The average Bonchev–Trinajstić information content (AvgIpc) is 3.15. The van der Waals surface area contributed by atoms with Crippen molar-refractivity contribution in [2.24, 2.45) is 0 Å². The summed E-state index contributed by atoms with van der Waals surface area (Å²) in [6.07, 6.45) is 7.55. The summed E-state index contributed by atoms with van der Waals surface area (Å²) in [6, 6.07) is 1.89. The van der Waals surface area contributed by atoms with E-state index in [9.17, 15) is 4.79 Å². The molecule has 0 saturated carbocycles. The fourth-order valence-corrected chi connectivity index (χ4v) is 3.89. The number of hydrogen-bond acceptors (Lipinski definition) is 6. The number of anilines is 1. The van der Waals surface area contributed by atoms with Crippen molar-refractivity contribution in [1.82, 2.24) is 29.5 Å². The summed E-state index contributed by atoms with van der Waals surface area (Å²) >= 11 is 0. The molecule has 1 atom stereocenters. The van der Waals surface area contributed by atoms with Crippen molar-refractivity contribution in [3.05, 3.63) is 40.8 Å². The molecule has 0 radical (unpaired) electrons. The van der Waals surface area contributed by atoms with E-state index in [1.54, 1.807) is 16.9 Å². The molecule has 1 N–H and O–H groups in total. The van der Waals surface area contributed by atoms with Crippen LogP contribution in [0.25, 0.3) is 0 Å². The second-order valence-electron chi connectivity index (χ2n) is 7.35. The third kappa shape index (κ3) is 3.81. The minimum Gasteiger partial charge on any atom is -0.368 e. The van der Waals surface area contributed by atoms with Gasteiger partial charge in [0.2, 0.25) is 0 Å². The van der Waals surface area contributed by atoms with Gasteiger partial charge in [-0.1, -0.05) is 0 Å². The largest absolute Gasteiger partial charge is 0.368 e. The van der Waals surface area contributed by atoms with E-state index in [1.807, 2.05) is 12.4 Å². The van der Waals surface area contributed by atoms with Crippen LogP contribution in [0.2, 0.25) is 0 Å². The summed E-state index contributed by atoms with van der Waals surface area (Å²) < 4.78 is 1.67. The van der Waals surface area contributed by atoms with E-state index < -0.39 is 0 Å². The number of piperazine rings is 1. The van der Waals surface area contributed by atoms with E-state index in [-0.39, 0.29) is 11.6 Å². The Balaban J connectivity index is 1.44. The fourth-order valence-electron chi connectivity index (χ4n) is 3.89. The molecule has 8 heteroatoms. The Kier molecular flexibility index (Phi) is 5.03. The van der Waals surface area contributed by atoms with E-state index in [0.717, 1.165) is 70.2 Å². The highest BCUT2D eigenvalue weighted by atomic mass is 16.1. The number of H-pyrrole nitrogens is 1. The summed E-state index contributed by atoms with van der Waals surface area (Å²) in [5.74, 6) is 0.969. The van der Waals surface area contributed by atoms with Crippen LogP contribution >= 0.6 is 0 Å². The number of aromatic nitrogens is 4. The van der Waals surface area contributed by atoms with Gasteiger partial charge in [0.25, 0.3) is 5.56 Å². The molecule has 8 nitrogen and oxygen atoms in total. The van der Waals surface area contributed by atoms with Crippen LogP contribution in [-0.4, -0.2) is 75.9 Å². The van der Waals surface area contributed by atoms with Gasteiger partial charge in [-0.3, -0.25) is 9.69 Å². The number of hydrogen-bond donors (Lipinski definition) is 1. The Morgan fingerprint density at radius 2 is 2.08 bits per heavy atom. The Morgan fingerprint density at radius 1 is 1.23 bits per heavy atom. The van der Waals surface area contributed by atoms with Crippen molar-refractivity contribution < 1.29 is 0 Å². The van der Waals surface area contributed by atoms with Gasteiger partial charge in [-0.15, -0.1) is 0 Å². The predicted octanol–water partition coefficient (Wildman–Crippen LogP) is 0.555. The maximum atomic E-state index is 12.7. The van der Waals surface area contributed by atoms with Crippen LogP contribution in [0, 0.1) is 0 Å². The summed E-state index contributed by atoms with van der Waals surface area (Å²) in [6.45, 7) is 6.59. The highest BCUT2D eigenvalue weighted by Crippen LogP contribution is 2.21. The molecule has 140 valence electrons. The molecule has 0 spiro atoms. The first-order chi connectivity index (χ1) is 12.7. The standard InChI is InChI=1S/C18H27N7O/c1-22-7-9-24(10-8-22)16-11-18(26)25(21-12-16)15-3-2-6-23(13-15)14-17-19-4-5-20-17/h4-5,11-12,15H,2-3,6-10,13-14H2,1H3,(H,19,20). The minimum atomic E-state index is 0.00581. The average molecular weight is 357 g/mol. The highest BCUT2D eigenvalue weighted by Gasteiger charge is 2.24. The summed E-state index contributed by atoms with van der Waals surface area (Å²) in [4.78, 5) is 27.1. The molecule has 2 saturated heterocycles. The molecule has 2 aliphatic heterocycles. The molecule has 2 aliphatic rings. The highest BCUT2D eigenvalue weighted by molar-refractivity contribution is 5.43. The molecule has 2 aromatic rings. The topological polar surface area (TPSA) is 73.3 Å². The first kappa shape index (κ1) is 17.2. The number of nitrogens with zero attached hydrogens (tertiary/aromatic N) is 6. The zero-order valence-corrected chi connectivity index (χ0v) is 15.3. The summed E-state index contributed by atoms with van der Waals surface area (Å²) in [5, 5.41) is 4.53. The van der Waals surface area contributed by atoms with E-state index in [1.165, 1.54) is 0 Å². The van der Waals surface area contributed by atoms with Gasteiger partial charge in [0.05, 0.1) is 24.5 Å². The Morgan fingerprint density at radius 3 is 2.81 bits per heavy atom. The van der Waals surface area contributed by atoms with Crippen LogP contribution < -0.4 is 10.5 Å². The van der Waals surface area contributed by atoms with Gasteiger partial charge in [0, 0.05) is 51.2 Å². The molecule has 2 aromatic heterocycles. The maximum absolute atomic E-state index is 12.7. The number of nitrogens with one attached hydrogen (secondary N) is 1. The van der Waals surface area contributed by atoms with Gasteiger partial charge in [-0.2, -0.15) is 5.10 Å². The molecule has 0 aromatic carbocycles. The zero-order chi connectivity index (χ0) is 17.9. The van der Waals surface area contributed by atoms with Crippen molar-refractivity contribution in [1.29, 1.82) is 0 Å². The molecular formula is C18H27N7O. The zero-order valence-electron chi connectivity index (χ0n) is 15.3. The number of aromatic amines is 1. The number of rotatable bonds is 4. The smallest absolute Gasteiger partial charge is 0.269 e. The van der Waals surface area contributed by atoms with Gasteiger partial charge < -0.3 is 14.8 Å². The minimum absolute atomic E-state index is 0.00581. The van der Waals surface area contributed by atoms with Gasteiger partial charge in [0.1, 0.15) is 5.82 Å². The monoisotopic (exact) mass is 357 g/mol. The lowest BCUT2D eigenvalue weighted by Gasteiger charge is -2.34. The summed E-state index contributed by atoms with van der Waals surface area (Å²) in [7, 11) is 2.13. The Bertz CT molecular complexity index is 764. The predicted molar refractivity (Wildman–Crippen MR) is 100 cm³/mol. The van der Waals surface area contributed by atoms with E-state index in [2.05, 4.69) is 36.8 Å². The van der Waals surface area contributed by atoms with Crippen LogP contribution in [0.1, 0.15) is 24.7 Å². The molecule has 2 fully saturated rings. The molecule has 4 heterocycles. The second kappa shape index (κ2) is 7.59. The van der Waals surface area contributed by atoms with Gasteiger partial charge >= 0.3 is 0 Å². The van der Waals surface area contributed by atoms with Crippen molar-refractivity contribution in [2.75, 3.05) is 51.2 Å². The normalized spacial score (nSPS) is 22.7. The van der Waals surface area contributed by atoms with Crippen molar-refractivity contribution in [3.63, 3.8) is 0 Å². The quantitative estimate of drug-likeness (QED) is 0.862. The van der Waals surface area contributed by atoms with Crippen LogP contribution in [0.3, 0.4) is 0 Å². The molecule has 1 unspecified atom stereocenters. The van der Waals surface area contributed by atoms with Gasteiger partial charge in [-0.05, 0) is 26.4 Å². The molecule has 4 rings (SSSR count). The first-order valence-electron chi connectivity index (χ1n) is 9.42. The number of piperidine rings is 1. The Labute approximate surface area is 153 Å². The molecule has 0 amide bonds. The van der Waals surface area contributed by atoms with Crippen molar-refractivity contribution >= 4 is 5.69 Å². The maximum Gasteiger partial charge on any atom is 0.269 e. The third-order valence-corrected chi connectivity index (χ3v) is 5.43. The van der Waals surface area contributed by atoms with Crippen molar-refractivity contribution in [3.8, 4) is 0 Å². The van der Waals surface area contributed by atoms with Crippen LogP contribution in [0.5, 0.6) is 0 Å². The molecule has 0 aliphatic carbocycles. The third-order valence-electron chi connectivity index (χ3n) is 5.43. The van der Waals surface area contributed by atoms with Crippen LogP contribution in [0.4, 0.5) is 5.69 Å². The summed E-state index contributed by atoms with van der Waals surface area (Å²) in [5.41, 5.74) is 0.953. The fraction of sp³-hybridized carbons (Fsp3) is 0.611. The lowest BCUT2D eigenvalue weighted by molar-refractivity contribution is 0.157. The Hall–Kier alpha value is -2.19. The van der Waals surface area contributed by atoms with E-state index >= 15 is 0 Å². The van der Waals surface area contributed by atoms with E-state index in [4.69, 9.17) is 0 Å². The number of likely N-dealkylation sites (N-methyl/N-ethyl adjacent to an activating group) is 1. The lowest BCUT2D eigenvalue weighted by atomic mass is 10.1. The second-order valence-corrected chi connectivity index (χ2v) is 7.35. The van der Waals surface area contributed by atoms with Gasteiger partial charge in [-0.25, -0.2) is 9.67 Å². The molecular weight excluding hydrogens is 330 g/mol. The van der Waals surface area contributed by atoms with E-state index in [0.29, 0.717) is 0 Å². The first-order valence-corrected chi connectivity index (χ1v) is 9.42. The molecule has 26 heavy (non-hydrogen) atoms. The SMILES string of the molecule is CN1CCN(c2cnn(C3CCCN(Cc4ncc[nH]4)C3)c(=O)c2)CC1. The number of imidazole rings is 1. The number of likely N-dealkylation sites (tertiary alicyclic amines) is 1.